The first kappa shape index (κ1) is 12.4. The van der Waals surface area contributed by atoms with E-state index >= 15 is 0 Å². The van der Waals surface area contributed by atoms with Crippen molar-refractivity contribution in [3.8, 4) is 0 Å². The quantitative estimate of drug-likeness (QED) is 0.901. The van der Waals surface area contributed by atoms with E-state index in [0.717, 1.165) is 30.8 Å². The lowest BCUT2D eigenvalue weighted by Gasteiger charge is -2.18. The zero-order valence-corrected chi connectivity index (χ0v) is 11.4. The number of amides is 1. The molecule has 0 saturated heterocycles. The smallest absolute Gasteiger partial charge is 0.228 e. The van der Waals surface area contributed by atoms with Crippen LogP contribution in [0.15, 0.2) is 35.0 Å². The van der Waals surface area contributed by atoms with Crippen LogP contribution < -0.4 is 10.6 Å². The number of benzene rings is 1. The Morgan fingerprint density at radius 2 is 2.26 bits per heavy atom. The average molecular weight is 272 g/mol. The van der Waals surface area contributed by atoms with E-state index in [1.807, 2.05) is 22.9 Å². The van der Waals surface area contributed by atoms with Gasteiger partial charge in [0, 0.05) is 12.2 Å². The van der Waals surface area contributed by atoms with Crippen molar-refractivity contribution >= 4 is 22.9 Å². The van der Waals surface area contributed by atoms with Crippen LogP contribution in [0.1, 0.15) is 16.7 Å². The van der Waals surface area contributed by atoms with Gasteiger partial charge < -0.3 is 10.6 Å². The molecule has 0 spiro atoms. The van der Waals surface area contributed by atoms with E-state index in [2.05, 4.69) is 22.8 Å². The molecule has 0 aliphatic carbocycles. The molecule has 2 aromatic rings. The van der Waals surface area contributed by atoms with Crippen LogP contribution in [-0.4, -0.2) is 12.5 Å². The van der Waals surface area contributed by atoms with Gasteiger partial charge in [-0.3, -0.25) is 4.79 Å². The minimum atomic E-state index is 0.0436. The highest BCUT2D eigenvalue weighted by molar-refractivity contribution is 7.08. The Kier molecular flexibility index (Phi) is 3.62. The van der Waals surface area contributed by atoms with E-state index in [1.54, 1.807) is 11.3 Å². The van der Waals surface area contributed by atoms with Crippen LogP contribution in [0, 0.1) is 0 Å². The minimum Gasteiger partial charge on any atom is -0.326 e. The van der Waals surface area contributed by atoms with Crippen molar-refractivity contribution in [2.24, 2.45) is 0 Å². The molecule has 3 rings (SSSR count). The van der Waals surface area contributed by atoms with Crippen molar-refractivity contribution in [1.29, 1.82) is 0 Å². The number of nitrogens with one attached hydrogen (secondary N) is 2. The second-order valence-electron chi connectivity index (χ2n) is 4.77. The summed E-state index contributed by atoms with van der Waals surface area (Å²) >= 11 is 1.62. The summed E-state index contributed by atoms with van der Waals surface area (Å²) in [6.07, 6.45) is 1.51. The summed E-state index contributed by atoms with van der Waals surface area (Å²) in [5.41, 5.74) is 4.64. The Morgan fingerprint density at radius 1 is 1.32 bits per heavy atom. The van der Waals surface area contributed by atoms with Crippen LogP contribution >= 0.6 is 11.3 Å². The van der Waals surface area contributed by atoms with Crippen LogP contribution in [0.5, 0.6) is 0 Å². The maximum atomic E-state index is 11.9. The van der Waals surface area contributed by atoms with Crippen LogP contribution in [0.25, 0.3) is 0 Å². The molecule has 3 nitrogen and oxygen atoms in total. The zero-order chi connectivity index (χ0) is 13.1. The molecule has 98 valence electrons. The van der Waals surface area contributed by atoms with Gasteiger partial charge in [-0.25, -0.2) is 0 Å². The Labute approximate surface area is 116 Å². The third-order valence-electron chi connectivity index (χ3n) is 3.32. The first-order chi connectivity index (χ1) is 9.31. The first-order valence-corrected chi connectivity index (χ1v) is 7.39. The Bertz CT molecular complexity index is 578. The lowest BCUT2D eigenvalue weighted by Crippen LogP contribution is -2.24. The summed E-state index contributed by atoms with van der Waals surface area (Å²) in [5.74, 6) is 0.0436. The molecule has 1 amide bonds. The number of anilines is 1. The van der Waals surface area contributed by atoms with Crippen molar-refractivity contribution in [2.45, 2.75) is 19.4 Å². The number of fused-ring (bicyclic) bond motifs is 1. The normalized spacial score (nSPS) is 13.9. The van der Waals surface area contributed by atoms with Crippen LogP contribution in [0.4, 0.5) is 5.69 Å². The molecule has 1 aliphatic heterocycles. The summed E-state index contributed by atoms with van der Waals surface area (Å²) in [4.78, 5) is 11.9. The number of hydrogen-bond donors (Lipinski definition) is 2. The predicted molar refractivity (Wildman–Crippen MR) is 78.5 cm³/mol. The van der Waals surface area contributed by atoms with Gasteiger partial charge in [-0.2, -0.15) is 11.3 Å². The molecule has 0 fully saturated rings. The molecule has 0 atom stereocenters. The van der Waals surface area contributed by atoms with E-state index in [-0.39, 0.29) is 5.91 Å². The summed E-state index contributed by atoms with van der Waals surface area (Å²) in [5, 5.41) is 10.3. The topological polar surface area (TPSA) is 41.1 Å². The molecule has 0 bridgehead atoms. The number of hydrogen-bond acceptors (Lipinski definition) is 3. The molecule has 1 aliphatic rings. The van der Waals surface area contributed by atoms with Crippen molar-refractivity contribution < 1.29 is 4.79 Å². The van der Waals surface area contributed by atoms with E-state index < -0.39 is 0 Å². The second kappa shape index (κ2) is 5.55. The molecule has 0 radical (unpaired) electrons. The first-order valence-electron chi connectivity index (χ1n) is 6.45. The fourth-order valence-corrected chi connectivity index (χ4v) is 3.01. The SMILES string of the molecule is O=C(Cc1ccsc1)Nc1ccc2c(c1)CNCC2. The van der Waals surface area contributed by atoms with Gasteiger partial charge >= 0.3 is 0 Å². The number of thiophene rings is 1. The molecule has 0 saturated carbocycles. The Hall–Kier alpha value is -1.65. The highest BCUT2D eigenvalue weighted by Crippen LogP contribution is 2.19. The predicted octanol–water partition coefficient (Wildman–Crippen LogP) is 2.58. The molecule has 0 unspecified atom stereocenters. The van der Waals surface area contributed by atoms with Crippen molar-refractivity contribution in [2.75, 3.05) is 11.9 Å². The number of rotatable bonds is 3. The second-order valence-corrected chi connectivity index (χ2v) is 5.55. The average Bonchev–Trinajstić information content (AvgIpc) is 2.91. The largest absolute Gasteiger partial charge is 0.326 e. The molecule has 1 aromatic heterocycles. The van der Waals surface area contributed by atoms with Gasteiger partial charge in [0.15, 0.2) is 0 Å². The molecular weight excluding hydrogens is 256 g/mol. The maximum absolute atomic E-state index is 11.9. The van der Waals surface area contributed by atoms with Crippen molar-refractivity contribution in [3.05, 3.63) is 51.7 Å². The van der Waals surface area contributed by atoms with E-state index in [4.69, 9.17) is 0 Å². The third kappa shape index (κ3) is 3.03. The minimum absolute atomic E-state index is 0.0436. The van der Waals surface area contributed by atoms with Gasteiger partial charge in [0.25, 0.3) is 0 Å². The van der Waals surface area contributed by atoms with Crippen LogP contribution in [0.2, 0.25) is 0 Å². The highest BCUT2D eigenvalue weighted by Gasteiger charge is 2.10. The fraction of sp³-hybridized carbons (Fsp3) is 0.267. The molecule has 2 heterocycles. The third-order valence-corrected chi connectivity index (χ3v) is 4.05. The van der Waals surface area contributed by atoms with E-state index in [9.17, 15) is 4.79 Å². The van der Waals surface area contributed by atoms with Crippen LogP contribution in [-0.2, 0) is 24.2 Å². The summed E-state index contributed by atoms with van der Waals surface area (Å²) < 4.78 is 0. The maximum Gasteiger partial charge on any atom is 0.228 e. The van der Waals surface area contributed by atoms with Crippen molar-refractivity contribution in [1.82, 2.24) is 5.32 Å². The van der Waals surface area contributed by atoms with Gasteiger partial charge in [-0.15, -0.1) is 0 Å². The van der Waals surface area contributed by atoms with Crippen LogP contribution in [0.3, 0.4) is 0 Å². The molecule has 1 aromatic carbocycles. The number of carbonyl (C=O) groups is 1. The van der Waals surface area contributed by atoms with Crippen molar-refractivity contribution in [3.63, 3.8) is 0 Å². The monoisotopic (exact) mass is 272 g/mol. The highest BCUT2D eigenvalue weighted by atomic mass is 32.1. The molecular formula is C15H16N2OS. The van der Waals surface area contributed by atoms with Gasteiger partial charge in [0.05, 0.1) is 6.42 Å². The van der Waals surface area contributed by atoms with Gasteiger partial charge in [0.1, 0.15) is 0 Å². The van der Waals surface area contributed by atoms with E-state index in [0.29, 0.717) is 6.42 Å². The molecule has 2 N–H and O–H groups in total. The standard InChI is InChI=1S/C15H16N2OS/c18-15(7-11-4-6-19-10-11)17-14-2-1-12-3-5-16-9-13(12)8-14/h1-2,4,6,8,10,16H,3,5,7,9H2,(H,17,18). The summed E-state index contributed by atoms with van der Waals surface area (Å²) in [6.45, 7) is 1.93. The van der Waals surface area contributed by atoms with Gasteiger partial charge in [-0.05, 0) is 58.6 Å². The Balaban J connectivity index is 1.67. The lowest BCUT2D eigenvalue weighted by molar-refractivity contribution is -0.115. The molecule has 19 heavy (non-hydrogen) atoms. The summed E-state index contributed by atoms with van der Waals surface area (Å²) in [6, 6.07) is 8.18. The van der Waals surface area contributed by atoms with Gasteiger partial charge in [0.2, 0.25) is 5.91 Å². The number of carbonyl (C=O) groups excluding carboxylic acids is 1. The fourth-order valence-electron chi connectivity index (χ4n) is 2.34. The summed E-state index contributed by atoms with van der Waals surface area (Å²) in [7, 11) is 0. The molecule has 4 heteroatoms. The van der Waals surface area contributed by atoms with E-state index in [1.165, 1.54) is 11.1 Å². The lowest BCUT2D eigenvalue weighted by atomic mass is 10.0. The zero-order valence-electron chi connectivity index (χ0n) is 10.6. The van der Waals surface area contributed by atoms with Gasteiger partial charge in [-0.1, -0.05) is 6.07 Å². The Morgan fingerprint density at radius 3 is 3.11 bits per heavy atom.